The summed E-state index contributed by atoms with van der Waals surface area (Å²) in [5.74, 6) is -0.278. The number of carbonyl (C=O) groups excluding carboxylic acids is 2. The van der Waals surface area contributed by atoms with Gasteiger partial charge in [0.25, 0.3) is 0 Å². The summed E-state index contributed by atoms with van der Waals surface area (Å²) >= 11 is 0. The van der Waals surface area contributed by atoms with Crippen LogP contribution in [0.3, 0.4) is 0 Å². The largest absolute Gasteiger partial charge is 0.318 e. The average molecular weight is 281 g/mol. The molecule has 0 aliphatic heterocycles. The topological polar surface area (TPSA) is 60.2 Å². The molecule has 3 nitrogen and oxygen atoms in total. The van der Waals surface area contributed by atoms with Crippen LogP contribution in [0.1, 0.15) is 29.3 Å². The molecule has 0 saturated heterocycles. The molecular formula is C18H19NO2. The Morgan fingerprint density at radius 3 is 2.00 bits per heavy atom. The Hall–Kier alpha value is -2.26. The van der Waals surface area contributed by atoms with Gasteiger partial charge in [-0.1, -0.05) is 60.7 Å². The lowest BCUT2D eigenvalue weighted by Gasteiger charge is -2.27. The number of benzene rings is 2. The number of hydrogen-bond acceptors (Lipinski definition) is 3. The molecule has 2 N–H and O–H groups in total. The van der Waals surface area contributed by atoms with Gasteiger partial charge in [-0.3, -0.25) is 9.59 Å². The summed E-state index contributed by atoms with van der Waals surface area (Å²) in [4.78, 5) is 24.3. The lowest BCUT2D eigenvalue weighted by atomic mass is 9.80. The molecule has 3 heteroatoms. The quantitative estimate of drug-likeness (QED) is 0.828. The lowest BCUT2D eigenvalue weighted by molar-refractivity contribution is -0.117. The van der Waals surface area contributed by atoms with Crippen LogP contribution in [0.2, 0.25) is 0 Å². The first-order valence-electron chi connectivity index (χ1n) is 6.93. The molecule has 0 spiro atoms. The number of nitrogens with two attached hydrogens (primary N) is 1. The van der Waals surface area contributed by atoms with E-state index in [1.165, 1.54) is 6.92 Å². The zero-order chi connectivity index (χ0) is 15.3. The van der Waals surface area contributed by atoms with Gasteiger partial charge in [0, 0.05) is 12.0 Å². The molecule has 108 valence electrons. The van der Waals surface area contributed by atoms with Crippen molar-refractivity contribution < 1.29 is 9.59 Å². The van der Waals surface area contributed by atoms with Gasteiger partial charge in [-0.2, -0.15) is 0 Å². The Morgan fingerprint density at radius 1 is 0.952 bits per heavy atom. The molecule has 0 radical (unpaired) electrons. The van der Waals surface area contributed by atoms with Gasteiger partial charge in [0.05, 0.1) is 5.54 Å². The van der Waals surface area contributed by atoms with Crippen LogP contribution >= 0.6 is 0 Å². The third-order valence-electron chi connectivity index (χ3n) is 3.41. The Balaban J connectivity index is 2.33. The Kier molecular flexibility index (Phi) is 4.66. The highest BCUT2D eigenvalue weighted by Crippen LogP contribution is 2.21. The maximum Gasteiger partial charge on any atom is 0.183 e. The summed E-state index contributed by atoms with van der Waals surface area (Å²) in [5, 5.41) is 0. The molecule has 2 aromatic rings. The molecule has 21 heavy (non-hydrogen) atoms. The summed E-state index contributed by atoms with van der Waals surface area (Å²) < 4.78 is 0. The number of ketones is 2. The van der Waals surface area contributed by atoms with Crippen LogP contribution in [-0.2, 0) is 11.2 Å². The van der Waals surface area contributed by atoms with Crippen LogP contribution in [0.4, 0.5) is 0 Å². The van der Waals surface area contributed by atoms with E-state index in [2.05, 4.69) is 0 Å². The van der Waals surface area contributed by atoms with E-state index in [9.17, 15) is 9.59 Å². The van der Waals surface area contributed by atoms with Gasteiger partial charge in [0.1, 0.15) is 5.78 Å². The first-order chi connectivity index (χ1) is 10.0. The van der Waals surface area contributed by atoms with Crippen LogP contribution in [0.5, 0.6) is 0 Å². The fourth-order valence-corrected chi connectivity index (χ4v) is 2.50. The second kappa shape index (κ2) is 6.46. The molecule has 2 rings (SSSR count). The summed E-state index contributed by atoms with van der Waals surface area (Å²) in [6.45, 7) is 1.46. The molecule has 1 unspecified atom stereocenters. The highest BCUT2D eigenvalue weighted by Gasteiger charge is 2.36. The molecule has 1 atom stereocenters. The van der Waals surface area contributed by atoms with Crippen LogP contribution in [0.25, 0.3) is 0 Å². The minimum Gasteiger partial charge on any atom is -0.318 e. The Bertz CT molecular complexity index is 622. The van der Waals surface area contributed by atoms with Crippen molar-refractivity contribution in [2.24, 2.45) is 5.73 Å². The van der Waals surface area contributed by atoms with Crippen molar-refractivity contribution in [1.82, 2.24) is 0 Å². The van der Waals surface area contributed by atoms with E-state index in [-0.39, 0.29) is 18.0 Å². The predicted octanol–water partition coefficient (Wildman–Crippen LogP) is 2.79. The first-order valence-corrected chi connectivity index (χ1v) is 6.93. The van der Waals surface area contributed by atoms with Crippen molar-refractivity contribution in [2.45, 2.75) is 25.3 Å². The molecule has 0 fully saturated rings. The number of Topliss-reactive ketones (excluding diaryl/α,β-unsaturated/α-hetero) is 2. The molecule has 0 amide bonds. The van der Waals surface area contributed by atoms with E-state index in [0.717, 1.165) is 5.56 Å². The van der Waals surface area contributed by atoms with Crippen molar-refractivity contribution in [3.8, 4) is 0 Å². The molecule has 0 aromatic heterocycles. The minimum absolute atomic E-state index is 0.0373. The average Bonchev–Trinajstić information content (AvgIpc) is 2.47. The number of rotatable bonds is 6. The highest BCUT2D eigenvalue weighted by molar-refractivity contribution is 6.05. The molecule has 0 aliphatic carbocycles. The molecule has 0 bridgehead atoms. The van der Waals surface area contributed by atoms with Crippen LogP contribution in [0, 0.1) is 0 Å². The Labute approximate surface area is 124 Å². The van der Waals surface area contributed by atoms with Gasteiger partial charge in [-0.15, -0.1) is 0 Å². The standard InChI is InChI=1S/C18H19NO2/c1-14(20)12-18(19,13-15-8-4-2-5-9-15)17(21)16-10-6-3-7-11-16/h2-11H,12-13,19H2,1H3. The van der Waals surface area contributed by atoms with E-state index in [0.29, 0.717) is 12.0 Å². The van der Waals surface area contributed by atoms with Gasteiger partial charge in [0.2, 0.25) is 0 Å². The van der Waals surface area contributed by atoms with E-state index >= 15 is 0 Å². The lowest BCUT2D eigenvalue weighted by Crippen LogP contribution is -2.51. The van der Waals surface area contributed by atoms with Gasteiger partial charge < -0.3 is 5.73 Å². The smallest absolute Gasteiger partial charge is 0.183 e. The number of carbonyl (C=O) groups is 2. The SMILES string of the molecule is CC(=O)CC(N)(Cc1ccccc1)C(=O)c1ccccc1. The maximum atomic E-state index is 12.7. The third kappa shape index (κ3) is 3.86. The van der Waals surface area contributed by atoms with E-state index in [1.807, 2.05) is 36.4 Å². The fraction of sp³-hybridized carbons (Fsp3) is 0.222. The fourth-order valence-electron chi connectivity index (χ4n) is 2.50. The van der Waals surface area contributed by atoms with Crippen molar-refractivity contribution in [2.75, 3.05) is 0 Å². The summed E-state index contributed by atoms with van der Waals surface area (Å²) in [5.41, 5.74) is 6.62. The van der Waals surface area contributed by atoms with Crippen LogP contribution < -0.4 is 5.73 Å². The molecule has 0 aliphatic rings. The summed E-state index contributed by atoms with van der Waals surface area (Å²) in [7, 11) is 0. The second-order valence-corrected chi connectivity index (χ2v) is 5.39. The molecule has 0 saturated carbocycles. The predicted molar refractivity (Wildman–Crippen MR) is 83.1 cm³/mol. The summed E-state index contributed by atoms with van der Waals surface area (Å²) in [6, 6.07) is 18.4. The minimum atomic E-state index is -1.20. The van der Waals surface area contributed by atoms with Crippen molar-refractivity contribution in [3.05, 3.63) is 71.8 Å². The van der Waals surface area contributed by atoms with Crippen molar-refractivity contribution in [3.63, 3.8) is 0 Å². The zero-order valence-electron chi connectivity index (χ0n) is 12.1. The zero-order valence-corrected chi connectivity index (χ0v) is 12.1. The van der Waals surface area contributed by atoms with Gasteiger partial charge in [0.15, 0.2) is 5.78 Å². The first kappa shape index (κ1) is 15.1. The highest BCUT2D eigenvalue weighted by atomic mass is 16.1. The van der Waals surface area contributed by atoms with E-state index in [4.69, 9.17) is 5.73 Å². The molecule has 0 heterocycles. The normalized spacial score (nSPS) is 13.4. The van der Waals surface area contributed by atoms with Gasteiger partial charge in [-0.25, -0.2) is 0 Å². The van der Waals surface area contributed by atoms with Crippen LogP contribution in [-0.4, -0.2) is 17.1 Å². The van der Waals surface area contributed by atoms with Gasteiger partial charge in [-0.05, 0) is 18.9 Å². The third-order valence-corrected chi connectivity index (χ3v) is 3.41. The van der Waals surface area contributed by atoms with Crippen molar-refractivity contribution >= 4 is 11.6 Å². The van der Waals surface area contributed by atoms with Gasteiger partial charge >= 0.3 is 0 Å². The van der Waals surface area contributed by atoms with Crippen molar-refractivity contribution in [1.29, 1.82) is 0 Å². The maximum absolute atomic E-state index is 12.7. The monoisotopic (exact) mass is 281 g/mol. The van der Waals surface area contributed by atoms with E-state index in [1.54, 1.807) is 24.3 Å². The summed E-state index contributed by atoms with van der Waals surface area (Å²) in [6.07, 6.45) is 0.386. The molecule has 2 aromatic carbocycles. The van der Waals surface area contributed by atoms with Crippen LogP contribution in [0.15, 0.2) is 60.7 Å². The van der Waals surface area contributed by atoms with E-state index < -0.39 is 5.54 Å². The number of hydrogen-bond donors (Lipinski definition) is 1. The second-order valence-electron chi connectivity index (χ2n) is 5.39. The Morgan fingerprint density at radius 2 is 1.48 bits per heavy atom. The molecular weight excluding hydrogens is 262 g/mol.